The molecule has 0 saturated heterocycles. The number of aliphatic hydroxyl groups is 1. The van der Waals surface area contributed by atoms with E-state index in [4.69, 9.17) is 4.74 Å². The normalized spacial score (nSPS) is 21.5. The fraction of sp³-hybridized carbons (Fsp3) is 0.292. The molecule has 1 aliphatic heterocycles. The first-order valence-electron chi connectivity index (χ1n) is 11.3. The lowest BCUT2D eigenvalue weighted by Gasteiger charge is -2.44. The van der Waals surface area contributed by atoms with Crippen LogP contribution in [-0.2, 0) is 10.0 Å². The molecular weight excluding hydrogens is 518 g/mol. The number of ether oxygens (including phenoxy) is 2. The Balaban J connectivity index is 1.41. The van der Waals surface area contributed by atoms with Gasteiger partial charge in [-0.15, -0.1) is 13.2 Å². The van der Waals surface area contributed by atoms with E-state index in [0.717, 1.165) is 24.3 Å². The highest BCUT2D eigenvalue weighted by atomic mass is 32.2. The van der Waals surface area contributed by atoms with Gasteiger partial charge in [-0.3, -0.25) is 0 Å². The van der Waals surface area contributed by atoms with E-state index in [1.54, 1.807) is 17.0 Å². The predicted molar refractivity (Wildman–Crippen MR) is 124 cm³/mol. The standard InChI is InChI=1S/C24H21F4N3O5S/c25-14-6-11-20-19(13-14)31(23-21(35-20)5-2-12-29-23)18-4-1-3-17(22(18)32)30-37(33,34)16-9-7-15(8-10-16)36-24(26,27)28/h2,5-13,17-18,22,30,32H,1,3-4H2. The van der Waals surface area contributed by atoms with Crippen LogP contribution in [0.25, 0.3) is 0 Å². The second kappa shape index (κ2) is 9.47. The van der Waals surface area contributed by atoms with Gasteiger partial charge >= 0.3 is 6.36 Å². The summed E-state index contributed by atoms with van der Waals surface area (Å²) < 4.78 is 89.5. The average Bonchev–Trinajstić information content (AvgIpc) is 2.83. The van der Waals surface area contributed by atoms with Crippen LogP contribution in [0.2, 0.25) is 0 Å². The number of nitrogens with zero attached hydrogens (tertiary/aromatic N) is 2. The largest absolute Gasteiger partial charge is 0.573 e. The number of alkyl halides is 3. The van der Waals surface area contributed by atoms with E-state index in [1.807, 2.05) is 0 Å². The number of benzene rings is 2. The number of anilines is 2. The molecule has 37 heavy (non-hydrogen) atoms. The number of pyridine rings is 1. The summed E-state index contributed by atoms with van der Waals surface area (Å²) in [6.45, 7) is 0. The number of aliphatic hydroxyl groups excluding tert-OH is 1. The second-order valence-corrected chi connectivity index (χ2v) is 10.4. The van der Waals surface area contributed by atoms with Crippen molar-refractivity contribution >= 4 is 21.5 Å². The molecule has 0 amide bonds. The van der Waals surface area contributed by atoms with E-state index in [9.17, 15) is 31.1 Å². The van der Waals surface area contributed by atoms with Gasteiger partial charge in [0.1, 0.15) is 11.6 Å². The second-order valence-electron chi connectivity index (χ2n) is 8.65. The first-order valence-corrected chi connectivity index (χ1v) is 12.8. The van der Waals surface area contributed by atoms with Crippen molar-refractivity contribution in [3.05, 3.63) is 66.6 Å². The molecule has 3 aromatic rings. The van der Waals surface area contributed by atoms with E-state index < -0.39 is 46.1 Å². The summed E-state index contributed by atoms with van der Waals surface area (Å²) in [5.41, 5.74) is 0.346. The topological polar surface area (TPSA) is 101 Å². The molecule has 0 spiro atoms. The van der Waals surface area contributed by atoms with E-state index in [0.29, 0.717) is 42.3 Å². The van der Waals surface area contributed by atoms with Crippen LogP contribution >= 0.6 is 0 Å². The molecular formula is C24H21F4N3O5S. The van der Waals surface area contributed by atoms with Gasteiger partial charge in [0.05, 0.1) is 28.8 Å². The van der Waals surface area contributed by atoms with Crippen molar-refractivity contribution < 1.29 is 40.6 Å². The summed E-state index contributed by atoms with van der Waals surface area (Å²) in [5.74, 6) is 0.0323. The minimum absolute atomic E-state index is 0.290. The van der Waals surface area contributed by atoms with E-state index >= 15 is 0 Å². The molecule has 13 heteroatoms. The fourth-order valence-corrected chi connectivity index (χ4v) is 5.92. The summed E-state index contributed by atoms with van der Waals surface area (Å²) in [6.07, 6.45) is -3.33. The molecule has 2 aliphatic rings. The van der Waals surface area contributed by atoms with Gasteiger partial charge in [-0.2, -0.15) is 0 Å². The van der Waals surface area contributed by atoms with Crippen LogP contribution < -0.4 is 19.1 Å². The van der Waals surface area contributed by atoms with Gasteiger partial charge < -0.3 is 19.5 Å². The molecule has 8 nitrogen and oxygen atoms in total. The lowest BCUT2D eigenvalue weighted by atomic mass is 9.87. The van der Waals surface area contributed by atoms with Gasteiger partial charge in [-0.1, -0.05) is 0 Å². The zero-order valence-electron chi connectivity index (χ0n) is 19.0. The number of aromatic nitrogens is 1. The molecule has 2 heterocycles. The molecule has 196 valence electrons. The van der Waals surface area contributed by atoms with Crippen LogP contribution in [-0.4, -0.2) is 43.1 Å². The van der Waals surface area contributed by atoms with Crippen LogP contribution in [0.1, 0.15) is 19.3 Å². The maximum atomic E-state index is 14.2. The minimum atomic E-state index is -4.91. The van der Waals surface area contributed by atoms with Gasteiger partial charge in [-0.05, 0) is 67.8 Å². The Bertz CT molecular complexity index is 1400. The Morgan fingerprint density at radius 1 is 1.08 bits per heavy atom. The number of halogens is 4. The Hall–Kier alpha value is -3.42. The van der Waals surface area contributed by atoms with Gasteiger partial charge in [0, 0.05) is 12.3 Å². The van der Waals surface area contributed by atoms with Crippen molar-refractivity contribution in [2.75, 3.05) is 4.90 Å². The zero-order chi connectivity index (χ0) is 26.4. The molecule has 3 atom stereocenters. The smallest absolute Gasteiger partial charge is 0.451 e. The van der Waals surface area contributed by atoms with Crippen molar-refractivity contribution in [2.45, 2.75) is 48.7 Å². The van der Waals surface area contributed by atoms with Crippen LogP contribution in [0.4, 0.5) is 29.1 Å². The number of nitrogens with one attached hydrogen (secondary N) is 1. The lowest BCUT2D eigenvalue weighted by Crippen LogP contribution is -2.56. The number of rotatable bonds is 5. The maximum Gasteiger partial charge on any atom is 0.573 e. The average molecular weight is 540 g/mol. The highest BCUT2D eigenvalue weighted by molar-refractivity contribution is 7.89. The van der Waals surface area contributed by atoms with Gasteiger partial charge in [-0.25, -0.2) is 22.5 Å². The summed E-state index contributed by atoms with van der Waals surface area (Å²) in [6, 6.07) is 9.48. The molecule has 2 aromatic carbocycles. The third-order valence-corrected chi connectivity index (χ3v) is 7.71. The molecule has 0 bridgehead atoms. The monoisotopic (exact) mass is 539 g/mol. The van der Waals surface area contributed by atoms with Crippen molar-refractivity contribution in [1.82, 2.24) is 9.71 Å². The van der Waals surface area contributed by atoms with E-state index in [2.05, 4.69) is 14.4 Å². The van der Waals surface area contributed by atoms with Crippen LogP contribution in [0, 0.1) is 5.82 Å². The molecule has 5 rings (SSSR count). The minimum Gasteiger partial charge on any atom is -0.451 e. The van der Waals surface area contributed by atoms with Crippen molar-refractivity contribution in [3.8, 4) is 17.2 Å². The molecule has 1 fully saturated rings. The van der Waals surface area contributed by atoms with Crippen molar-refractivity contribution in [1.29, 1.82) is 0 Å². The predicted octanol–water partition coefficient (Wildman–Crippen LogP) is 4.62. The summed E-state index contributed by atoms with van der Waals surface area (Å²) in [4.78, 5) is 5.73. The molecule has 1 aliphatic carbocycles. The van der Waals surface area contributed by atoms with Gasteiger partial charge in [0.25, 0.3) is 0 Å². The summed E-state index contributed by atoms with van der Waals surface area (Å²) in [5, 5.41) is 11.3. The van der Waals surface area contributed by atoms with E-state index in [1.165, 1.54) is 24.4 Å². The molecule has 1 saturated carbocycles. The van der Waals surface area contributed by atoms with Crippen LogP contribution in [0.15, 0.2) is 65.7 Å². The Labute approximate surface area is 209 Å². The molecule has 1 aromatic heterocycles. The van der Waals surface area contributed by atoms with Gasteiger partial charge in [0.15, 0.2) is 17.3 Å². The van der Waals surface area contributed by atoms with Crippen molar-refractivity contribution in [3.63, 3.8) is 0 Å². The number of fused-ring (bicyclic) bond motifs is 2. The van der Waals surface area contributed by atoms with Gasteiger partial charge in [0.2, 0.25) is 10.0 Å². The molecule has 3 unspecified atom stereocenters. The summed E-state index contributed by atoms with van der Waals surface area (Å²) >= 11 is 0. The quantitative estimate of drug-likeness (QED) is 0.456. The first-order chi connectivity index (χ1) is 17.5. The summed E-state index contributed by atoms with van der Waals surface area (Å²) in [7, 11) is -4.20. The highest BCUT2D eigenvalue weighted by Crippen LogP contribution is 2.48. The third-order valence-electron chi connectivity index (χ3n) is 6.21. The van der Waals surface area contributed by atoms with Crippen LogP contribution in [0.3, 0.4) is 0 Å². The number of hydrogen-bond donors (Lipinski definition) is 2. The van der Waals surface area contributed by atoms with E-state index in [-0.39, 0.29) is 4.90 Å². The highest BCUT2D eigenvalue weighted by Gasteiger charge is 2.42. The lowest BCUT2D eigenvalue weighted by molar-refractivity contribution is -0.274. The molecule has 2 N–H and O–H groups in total. The first kappa shape index (κ1) is 25.2. The maximum absolute atomic E-state index is 14.2. The SMILES string of the molecule is O=S(=O)(NC1CCCC(N2c3cc(F)ccc3Oc3cccnc32)C1O)c1ccc(OC(F)(F)F)cc1. The fourth-order valence-electron chi connectivity index (χ4n) is 4.63. The third kappa shape index (κ3) is 5.20. The van der Waals surface area contributed by atoms with Crippen LogP contribution in [0.5, 0.6) is 17.2 Å². The Kier molecular flexibility index (Phi) is 6.46. The molecule has 0 radical (unpaired) electrons. The number of sulfonamides is 1. The number of hydrogen-bond acceptors (Lipinski definition) is 7. The zero-order valence-corrected chi connectivity index (χ0v) is 19.8. The Morgan fingerprint density at radius 3 is 2.57 bits per heavy atom. The van der Waals surface area contributed by atoms with Crippen molar-refractivity contribution in [2.24, 2.45) is 0 Å². The Morgan fingerprint density at radius 2 is 1.84 bits per heavy atom.